The number of rotatable bonds is 2. The Morgan fingerprint density at radius 2 is 1.83 bits per heavy atom. The minimum Gasteiger partial charge on any atom is -0.325 e. The lowest BCUT2D eigenvalue weighted by Gasteiger charge is -2.29. The third kappa shape index (κ3) is 2.61. The normalized spacial score (nSPS) is 17.0. The molecule has 1 aliphatic rings. The largest absolute Gasteiger partial charge is 0.325 e. The number of amides is 2. The lowest BCUT2D eigenvalue weighted by Crippen LogP contribution is -2.47. The van der Waals surface area contributed by atoms with E-state index in [1.165, 1.54) is 4.90 Å². The maximum Gasteiger partial charge on any atom is 0.247 e. The van der Waals surface area contributed by atoms with Gasteiger partial charge in [0.2, 0.25) is 11.8 Å². The zero-order chi connectivity index (χ0) is 16.6. The van der Waals surface area contributed by atoms with Gasteiger partial charge in [-0.05, 0) is 36.8 Å². The van der Waals surface area contributed by atoms with Crippen molar-refractivity contribution in [3.63, 3.8) is 0 Å². The topological polar surface area (TPSA) is 66.5 Å². The second-order valence-electron chi connectivity index (χ2n) is 5.57. The first-order valence-corrected chi connectivity index (χ1v) is 7.27. The Bertz CT molecular complexity index is 813. The van der Waals surface area contributed by atoms with Crippen molar-refractivity contribution >= 4 is 29.0 Å². The molecule has 5 nitrogen and oxygen atoms in total. The molecule has 0 radical (unpaired) electrons. The number of para-hydroxylation sites is 1. The van der Waals surface area contributed by atoms with E-state index in [1.807, 2.05) is 13.0 Å². The summed E-state index contributed by atoms with van der Waals surface area (Å²) < 4.78 is 0. The number of Topliss-reactive ketones (excluding diaryl/α,β-unsaturated/α-hetero) is 1. The van der Waals surface area contributed by atoms with Gasteiger partial charge in [0.05, 0.1) is 5.69 Å². The van der Waals surface area contributed by atoms with E-state index >= 15 is 0 Å². The number of hydrogen-bond donors (Lipinski definition) is 1. The summed E-state index contributed by atoms with van der Waals surface area (Å²) in [5.41, 5.74) is 2.46. The van der Waals surface area contributed by atoms with Gasteiger partial charge in [-0.1, -0.05) is 24.3 Å². The molecule has 0 saturated carbocycles. The van der Waals surface area contributed by atoms with Gasteiger partial charge in [-0.25, -0.2) is 0 Å². The van der Waals surface area contributed by atoms with Crippen LogP contribution in [0, 0.1) is 12.8 Å². The molecule has 3 rings (SSSR count). The average molecular weight is 308 g/mol. The van der Waals surface area contributed by atoms with Crippen molar-refractivity contribution in [1.29, 1.82) is 0 Å². The van der Waals surface area contributed by atoms with Crippen LogP contribution >= 0.6 is 0 Å². The van der Waals surface area contributed by atoms with Gasteiger partial charge in [0, 0.05) is 18.3 Å². The smallest absolute Gasteiger partial charge is 0.247 e. The van der Waals surface area contributed by atoms with Crippen molar-refractivity contribution in [2.24, 2.45) is 5.92 Å². The van der Waals surface area contributed by atoms with Gasteiger partial charge in [-0.15, -0.1) is 0 Å². The number of carbonyl (C=O) groups excluding carboxylic acids is 3. The molecule has 2 aromatic rings. The van der Waals surface area contributed by atoms with Gasteiger partial charge in [-0.3, -0.25) is 14.4 Å². The molecular formula is C18H16N2O3. The highest BCUT2D eigenvalue weighted by Crippen LogP contribution is 2.30. The van der Waals surface area contributed by atoms with Crippen LogP contribution in [0.2, 0.25) is 0 Å². The standard InChI is InChI=1S/C18H16N2O3/c1-11-6-5-7-12(10-11)19-17(22)15-16(21)13-8-3-4-9-14(13)20(2)18(15)23/h3-10,15H,1-2H3,(H,19,22). The average Bonchev–Trinajstić information content (AvgIpc) is 2.53. The molecule has 0 aromatic heterocycles. The molecule has 1 aliphatic heterocycles. The highest BCUT2D eigenvalue weighted by molar-refractivity contribution is 6.32. The molecule has 0 fully saturated rings. The van der Waals surface area contributed by atoms with Crippen LogP contribution in [0.3, 0.4) is 0 Å². The summed E-state index contributed by atoms with van der Waals surface area (Å²) in [5, 5.41) is 2.66. The highest BCUT2D eigenvalue weighted by atomic mass is 16.2. The summed E-state index contributed by atoms with van der Waals surface area (Å²) >= 11 is 0. The number of carbonyl (C=O) groups is 3. The molecule has 1 unspecified atom stereocenters. The fourth-order valence-corrected chi connectivity index (χ4v) is 2.72. The lowest BCUT2D eigenvalue weighted by molar-refractivity contribution is -0.128. The quantitative estimate of drug-likeness (QED) is 0.866. The van der Waals surface area contributed by atoms with Crippen molar-refractivity contribution in [3.05, 3.63) is 59.7 Å². The van der Waals surface area contributed by atoms with Gasteiger partial charge in [0.25, 0.3) is 0 Å². The Hall–Kier alpha value is -2.95. The number of aryl methyl sites for hydroxylation is 1. The van der Waals surface area contributed by atoms with E-state index in [9.17, 15) is 14.4 Å². The predicted molar refractivity (Wildman–Crippen MR) is 87.5 cm³/mol. The fourth-order valence-electron chi connectivity index (χ4n) is 2.72. The molecule has 1 N–H and O–H groups in total. The van der Waals surface area contributed by atoms with Crippen LogP contribution in [0.1, 0.15) is 15.9 Å². The van der Waals surface area contributed by atoms with E-state index in [-0.39, 0.29) is 0 Å². The summed E-state index contributed by atoms with van der Waals surface area (Å²) in [5.74, 6) is -2.94. The van der Waals surface area contributed by atoms with Crippen molar-refractivity contribution in [3.8, 4) is 0 Å². The molecule has 0 saturated heterocycles. The molecule has 1 heterocycles. The molecular weight excluding hydrogens is 292 g/mol. The molecule has 23 heavy (non-hydrogen) atoms. The predicted octanol–water partition coefficient (Wildman–Crippen LogP) is 2.41. The first-order valence-electron chi connectivity index (χ1n) is 7.27. The van der Waals surface area contributed by atoms with Gasteiger partial charge >= 0.3 is 0 Å². The van der Waals surface area contributed by atoms with Crippen LogP contribution in [-0.4, -0.2) is 24.6 Å². The Morgan fingerprint density at radius 1 is 1.09 bits per heavy atom. The minimum absolute atomic E-state index is 0.388. The third-order valence-electron chi connectivity index (χ3n) is 3.92. The Labute approximate surface area is 133 Å². The lowest BCUT2D eigenvalue weighted by atomic mass is 9.89. The molecule has 0 bridgehead atoms. The highest BCUT2D eigenvalue weighted by Gasteiger charge is 2.42. The van der Waals surface area contributed by atoms with Crippen molar-refractivity contribution < 1.29 is 14.4 Å². The van der Waals surface area contributed by atoms with Gasteiger partial charge in [-0.2, -0.15) is 0 Å². The van der Waals surface area contributed by atoms with E-state index in [1.54, 1.807) is 49.5 Å². The van der Waals surface area contributed by atoms with Crippen LogP contribution in [0.25, 0.3) is 0 Å². The maximum atomic E-state index is 12.6. The zero-order valence-electron chi connectivity index (χ0n) is 12.9. The number of fused-ring (bicyclic) bond motifs is 1. The number of nitrogens with zero attached hydrogens (tertiary/aromatic N) is 1. The summed E-state index contributed by atoms with van der Waals surface area (Å²) in [6.45, 7) is 1.90. The Kier molecular flexibility index (Phi) is 3.70. The van der Waals surface area contributed by atoms with Crippen molar-refractivity contribution in [2.75, 3.05) is 17.3 Å². The first-order chi connectivity index (χ1) is 11.0. The minimum atomic E-state index is -1.35. The number of hydrogen-bond acceptors (Lipinski definition) is 3. The van der Waals surface area contributed by atoms with E-state index in [0.29, 0.717) is 16.9 Å². The second kappa shape index (κ2) is 5.68. The monoisotopic (exact) mass is 308 g/mol. The summed E-state index contributed by atoms with van der Waals surface area (Å²) in [7, 11) is 1.57. The molecule has 2 amide bonds. The van der Waals surface area contributed by atoms with Crippen LogP contribution in [0.4, 0.5) is 11.4 Å². The molecule has 116 valence electrons. The van der Waals surface area contributed by atoms with Crippen LogP contribution in [-0.2, 0) is 9.59 Å². The maximum absolute atomic E-state index is 12.6. The molecule has 1 atom stereocenters. The molecule has 2 aromatic carbocycles. The summed E-state index contributed by atoms with van der Waals surface area (Å²) in [6.07, 6.45) is 0. The number of nitrogens with one attached hydrogen (secondary N) is 1. The summed E-state index contributed by atoms with van der Waals surface area (Å²) in [4.78, 5) is 38.8. The zero-order valence-corrected chi connectivity index (χ0v) is 12.9. The SMILES string of the molecule is Cc1cccc(NC(=O)C2C(=O)c3ccccc3N(C)C2=O)c1. The van der Waals surface area contributed by atoms with Gasteiger partial charge in [0.15, 0.2) is 11.7 Å². The van der Waals surface area contributed by atoms with E-state index in [2.05, 4.69) is 5.32 Å². The van der Waals surface area contributed by atoms with Gasteiger partial charge in [0.1, 0.15) is 0 Å². The van der Waals surface area contributed by atoms with Crippen molar-refractivity contribution in [1.82, 2.24) is 0 Å². The van der Waals surface area contributed by atoms with Crippen LogP contribution in [0.5, 0.6) is 0 Å². The molecule has 0 spiro atoms. The summed E-state index contributed by atoms with van der Waals surface area (Å²) in [6, 6.07) is 14.0. The third-order valence-corrected chi connectivity index (χ3v) is 3.92. The van der Waals surface area contributed by atoms with Crippen molar-refractivity contribution in [2.45, 2.75) is 6.92 Å². The Balaban J connectivity index is 1.92. The second-order valence-corrected chi connectivity index (χ2v) is 5.57. The first kappa shape index (κ1) is 15.0. The fraction of sp³-hybridized carbons (Fsp3) is 0.167. The van der Waals surface area contributed by atoms with E-state index < -0.39 is 23.5 Å². The van der Waals surface area contributed by atoms with Crippen LogP contribution in [0.15, 0.2) is 48.5 Å². The number of anilines is 2. The van der Waals surface area contributed by atoms with E-state index in [0.717, 1.165) is 5.56 Å². The van der Waals surface area contributed by atoms with Crippen LogP contribution < -0.4 is 10.2 Å². The van der Waals surface area contributed by atoms with E-state index in [4.69, 9.17) is 0 Å². The molecule has 0 aliphatic carbocycles. The Morgan fingerprint density at radius 3 is 2.57 bits per heavy atom. The molecule has 5 heteroatoms. The van der Waals surface area contributed by atoms with Gasteiger partial charge < -0.3 is 10.2 Å². The number of ketones is 1. The number of benzene rings is 2.